The van der Waals surface area contributed by atoms with E-state index in [4.69, 9.17) is 0 Å². The lowest BCUT2D eigenvalue weighted by Crippen LogP contribution is -2.30. The number of hydrogen-bond acceptors (Lipinski definition) is 1. The summed E-state index contributed by atoms with van der Waals surface area (Å²) < 4.78 is 2.49. The van der Waals surface area contributed by atoms with Crippen molar-refractivity contribution in [3.63, 3.8) is 0 Å². The predicted octanol–water partition coefficient (Wildman–Crippen LogP) is 9.25. The predicted molar refractivity (Wildman–Crippen MR) is 168 cm³/mol. The summed E-state index contributed by atoms with van der Waals surface area (Å²) in [6, 6.07) is 36.0. The summed E-state index contributed by atoms with van der Waals surface area (Å²) >= 11 is 0. The highest BCUT2D eigenvalue weighted by Crippen LogP contribution is 2.48. The van der Waals surface area contributed by atoms with Crippen molar-refractivity contribution in [3.8, 4) is 16.8 Å². The fourth-order valence-electron chi connectivity index (χ4n) is 7.12. The maximum Gasteiger partial charge on any atom is 0.0534 e. The van der Waals surface area contributed by atoms with Gasteiger partial charge in [0.15, 0.2) is 0 Å². The van der Waals surface area contributed by atoms with E-state index in [2.05, 4.69) is 143 Å². The van der Waals surface area contributed by atoms with E-state index in [0.29, 0.717) is 0 Å². The van der Waals surface area contributed by atoms with Crippen molar-refractivity contribution >= 4 is 22.3 Å². The van der Waals surface area contributed by atoms with E-state index in [1.54, 1.807) is 0 Å². The Morgan fingerprint density at radius 3 is 2.20 bits per heavy atom. The van der Waals surface area contributed by atoms with Crippen molar-refractivity contribution in [2.45, 2.75) is 31.1 Å². The summed E-state index contributed by atoms with van der Waals surface area (Å²) in [4.78, 5) is 2.49. The van der Waals surface area contributed by atoms with Gasteiger partial charge in [0.05, 0.1) is 5.52 Å². The smallest absolute Gasteiger partial charge is 0.0534 e. The normalized spacial score (nSPS) is 19.2. The Bertz CT molecular complexity index is 1810. The second-order valence-electron chi connectivity index (χ2n) is 11.3. The number of para-hydroxylation sites is 2. The Hall–Kier alpha value is -4.56. The third-order valence-electron chi connectivity index (χ3n) is 9.08. The molecule has 0 fully saturated rings. The Kier molecular flexibility index (Phi) is 5.41. The van der Waals surface area contributed by atoms with E-state index in [0.717, 1.165) is 32.2 Å². The van der Waals surface area contributed by atoms with Gasteiger partial charge in [0.1, 0.15) is 0 Å². The molecule has 1 aromatic heterocycles. The van der Waals surface area contributed by atoms with E-state index in [1.165, 1.54) is 55.9 Å². The molecule has 1 aliphatic heterocycles. The van der Waals surface area contributed by atoms with Crippen molar-refractivity contribution in [2.24, 2.45) is 0 Å². The number of benzene rings is 4. The Balaban J connectivity index is 1.11. The molecule has 2 nitrogen and oxygen atoms in total. The number of nitrogens with zero attached hydrogens (tertiary/aromatic N) is 2. The lowest BCUT2D eigenvalue weighted by molar-refractivity contribution is 0.579. The molecule has 0 amide bonds. The fourth-order valence-corrected chi connectivity index (χ4v) is 7.12. The van der Waals surface area contributed by atoms with Crippen LogP contribution in [0, 0.1) is 0 Å². The van der Waals surface area contributed by atoms with E-state index >= 15 is 0 Å². The van der Waals surface area contributed by atoms with Gasteiger partial charge in [0.2, 0.25) is 0 Å². The lowest BCUT2D eigenvalue weighted by atomic mass is 9.77. The van der Waals surface area contributed by atoms with Gasteiger partial charge in [-0.2, -0.15) is 0 Å². The summed E-state index contributed by atoms with van der Waals surface area (Å²) in [5.41, 5.74) is 12.1. The molecule has 1 atom stereocenters. The highest BCUT2D eigenvalue weighted by molar-refractivity contribution is 5.88. The zero-order valence-electron chi connectivity index (χ0n) is 22.6. The van der Waals surface area contributed by atoms with Gasteiger partial charge in [-0.3, -0.25) is 0 Å². The molecule has 4 aromatic carbocycles. The van der Waals surface area contributed by atoms with E-state index in [1.807, 2.05) is 0 Å². The van der Waals surface area contributed by atoms with Gasteiger partial charge in [-0.25, -0.2) is 0 Å². The molecule has 0 N–H and O–H groups in total. The Morgan fingerprint density at radius 1 is 0.650 bits per heavy atom. The first-order valence-corrected chi connectivity index (χ1v) is 14.5. The molecular weight excluding hydrogens is 484 g/mol. The second-order valence-corrected chi connectivity index (χ2v) is 11.3. The molecule has 194 valence electrons. The third kappa shape index (κ3) is 3.63. The van der Waals surface area contributed by atoms with Crippen molar-refractivity contribution < 1.29 is 0 Å². The van der Waals surface area contributed by atoms with Gasteiger partial charge < -0.3 is 9.47 Å². The van der Waals surface area contributed by atoms with E-state index < -0.39 is 0 Å². The fraction of sp³-hybridized carbons (Fsp3) is 0.158. The monoisotopic (exact) mass is 516 g/mol. The van der Waals surface area contributed by atoms with Crippen LogP contribution in [0.3, 0.4) is 0 Å². The van der Waals surface area contributed by atoms with E-state index in [-0.39, 0.29) is 5.41 Å². The van der Waals surface area contributed by atoms with Crippen LogP contribution in [0.2, 0.25) is 0 Å². The first kappa shape index (κ1) is 23.3. The highest BCUT2D eigenvalue weighted by Gasteiger charge is 2.40. The number of aromatic nitrogens is 1. The van der Waals surface area contributed by atoms with E-state index in [9.17, 15) is 0 Å². The van der Waals surface area contributed by atoms with Gasteiger partial charge in [0.25, 0.3) is 0 Å². The van der Waals surface area contributed by atoms with Crippen LogP contribution in [0.4, 0.5) is 11.4 Å². The molecule has 0 bridgehead atoms. The SMILES string of the molecule is C1=CCC2(C=C1)CN(c1ccc(-c3ccc(-n4c5c(c6ccccc64)CC=CCC5)cc3)cc1)c1ccccc12. The van der Waals surface area contributed by atoms with Crippen LogP contribution in [0.5, 0.6) is 0 Å². The minimum absolute atomic E-state index is 0.0662. The summed E-state index contributed by atoms with van der Waals surface area (Å²) in [6.45, 7) is 0.978. The molecule has 5 aromatic rings. The van der Waals surface area contributed by atoms with Crippen LogP contribution in [-0.4, -0.2) is 11.1 Å². The first-order valence-electron chi connectivity index (χ1n) is 14.5. The molecule has 1 unspecified atom stereocenters. The average Bonchev–Trinajstić information content (AvgIpc) is 3.37. The first-order chi connectivity index (χ1) is 19.8. The maximum atomic E-state index is 2.49. The van der Waals surface area contributed by atoms with Gasteiger partial charge in [-0.1, -0.05) is 97.1 Å². The molecule has 1 spiro atoms. The number of rotatable bonds is 3. The molecule has 0 saturated carbocycles. The van der Waals surface area contributed by atoms with Crippen molar-refractivity contribution in [2.75, 3.05) is 11.4 Å². The summed E-state index contributed by atoms with van der Waals surface area (Å²) in [5, 5.41) is 1.38. The maximum absolute atomic E-state index is 2.49. The Morgan fingerprint density at radius 2 is 1.40 bits per heavy atom. The molecule has 0 saturated heterocycles. The van der Waals surface area contributed by atoms with Crippen molar-refractivity contribution in [1.82, 2.24) is 4.57 Å². The standard InChI is InChI=1S/C38H32N2/c1-3-11-32-33-12-5-7-15-36(33)40(35(32)14-4-1)31-23-19-29(20-24-31)28-17-21-30(22-18-28)39-27-38(25-9-2-10-26-38)34-13-6-8-16-37(34)39/h1-3,5-10,12-13,15-25H,4,11,14,26-27H2. The molecule has 2 heteroatoms. The molecular formula is C38H32N2. The molecule has 2 heterocycles. The second kappa shape index (κ2) is 9.27. The van der Waals surface area contributed by atoms with Gasteiger partial charge >= 0.3 is 0 Å². The number of hydrogen-bond donors (Lipinski definition) is 0. The lowest BCUT2D eigenvalue weighted by Gasteiger charge is -2.28. The molecule has 8 rings (SSSR count). The minimum atomic E-state index is 0.0662. The third-order valence-corrected chi connectivity index (χ3v) is 9.08. The topological polar surface area (TPSA) is 8.17 Å². The molecule has 3 aliphatic rings. The van der Waals surface area contributed by atoms with Crippen LogP contribution in [0.15, 0.2) is 134 Å². The number of allylic oxidation sites excluding steroid dienone is 5. The molecule has 40 heavy (non-hydrogen) atoms. The zero-order chi connectivity index (χ0) is 26.5. The Labute approximate surface area is 236 Å². The van der Waals surface area contributed by atoms with Crippen LogP contribution >= 0.6 is 0 Å². The van der Waals surface area contributed by atoms with Crippen LogP contribution < -0.4 is 4.90 Å². The largest absolute Gasteiger partial charge is 0.340 e. The average molecular weight is 517 g/mol. The van der Waals surface area contributed by atoms with Crippen LogP contribution in [-0.2, 0) is 18.3 Å². The summed E-state index contributed by atoms with van der Waals surface area (Å²) in [5.74, 6) is 0. The zero-order valence-corrected chi connectivity index (χ0v) is 22.6. The van der Waals surface area contributed by atoms with Gasteiger partial charge in [0, 0.05) is 40.1 Å². The van der Waals surface area contributed by atoms with Gasteiger partial charge in [-0.05, 0) is 84.3 Å². The minimum Gasteiger partial charge on any atom is -0.340 e. The number of anilines is 2. The van der Waals surface area contributed by atoms with Gasteiger partial charge in [-0.15, -0.1) is 0 Å². The van der Waals surface area contributed by atoms with Crippen LogP contribution in [0.25, 0.3) is 27.7 Å². The molecule has 2 aliphatic carbocycles. The highest BCUT2D eigenvalue weighted by atomic mass is 15.2. The summed E-state index contributed by atoms with van der Waals surface area (Å²) in [6.07, 6.45) is 18.0. The van der Waals surface area contributed by atoms with Crippen molar-refractivity contribution in [3.05, 3.63) is 150 Å². The van der Waals surface area contributed by atoms with Crippen LogP contribution in [0.1, 0.15) is 29.7 Å². The number of fused-ring (bicyclic) bond motifs is 5. The summed E-state index contributed by atoms with van der Waals surface area (Å²) in [7, 11) is 0. The quantitative estimate of drug-likeness (QED) is 0.217. The molecule has 0 radical (unpaired) electrons. The van der Waals surface area contributed by atoms with Crippen molar-refractivity contribution in [1.29, 1.82) is 0 Å².